The molecule has 0 aliphatic carbocycles. The lowest BCUT2D eigenvalue weighted by molar-refractivity contribution is 0.0953. The van der Waals surface area contributed by atoms with E-state index < -0.39 is 0 Å². The molecular weight excluding hydrogens is 503 g/mol. The molecule has 0 saturated heterocycles. The smallest absolute Gasteiger partial charge is 0.251 e. The van der Waals surface area contributed by atoms with Gasteiger partial charge in [-0.1, -0.05) is 25.5 Å². The number of nitrogens with zero attached hydrogens (tertiary/aromatic N) is 3. The minimum Gasteiger partial charge on any atom is -0.357 e. The number of aryl methyl sites for hydroxylation is 3. The maximum Gasteiger partial charge on any atom is 0.251 e. The molecule has 0 unspecified atom stereocenters. The molecule has 0 saturated carbocycles. The molecule has 8 heteroatoms. The minimum atomic E-state index is -0.0175. The molecule has 1 amide bonds. The monoisotopic (exact) mass is 540 g/mol. The first-order valence-corrected chi connectivity index (χ1v) is 10.9. The molecule has 1 aromatic heterocycles. The standard InChI is InChI=1S/C23H36N6O.HI/c1-5-7-13-25-22(30)21-11-9-20(10-12-21)17-27-23(24-6-2)26-14-8-15-29-19(4)16-18(3)28-29;/h9-12,16H,5-8,13-15,17H2,1-4H3,(H,25,30)(H2,24,26,27);1H. The summed E-state index contributed by atoms with van der Waals surface area (Å²) in [5.74, 6) is 0.781. The van der Waals surface area contributed by atoms with Crippen molar-refractivity contribution in [3.8, 4) is 0 Å². The number of amides is 1. The molecule has 2 aromatic rings. The number of unbranched alkanes of at least 4 members (excludes halogenated alkanes) is 1. The van der Waals surface area contributed by atoms with Crippen LogP contribution in [0.5, 0.6) is 0 Å². The number of benzene rings is 1. The van der Waals surface area contributed by atoms with Gasteiger partial charge in [-0.3, -0.25) is 9.48 Å². The number of carbonyl (C=O) groups excluding carboxylic acids is 1. The molecule has 1 aromatic carbocycles. The molecule has 0 atom stereocenters. The van der Waals surface area contributed by atoms with Crippen molar-refractivity contribution in [3.05, 3.63) is 52.8 Å². The molecule has 0 spiro atoms. The number of halogens is 1. The SMILES string of the molecule is CCCCNC(=O)c1ccc(CN=C(NCC)NCCCn2nc(C)cc2C)cc1.I. The van der Waals surface area contributed by atoms with Gasteiger partial charge in [0.25, 0.3) is 5.91 Å². The maximum atomic E-state index is 12.1. The zero-order chi connectivity index (χ0) is 21.8. The highest BCUT2D eigenvalue weighted by Gasteiger charge is 2.05. The van der Waals surface area contributed by atoms with Crippen molar-refractivity contribution < 1.29 is 4.79 Å². The van der Waals surface area contributed by atoms with Crippen LogP contribution in [-0.4, -0.2) is 41.3 Å². The Bertz CT molecular complexity index is 816. The van der Waals surface area contributed by atoms with Crippen LogP contribution in [0.3, 0.4) is 0 Å². The van der Waals surface area contributed by atoms with Gasteiger partial charge in [-0.15, -0.1) is 24.0 Å². The van der Waals surface area contributed by atoms with Crippen molar-refractivity contribution in [3.63, 3.8) is 0 Å². The summed E-state index contributed by atoms with van der Waals surface area (Å²) >= 11 is 0. The van der Waals surface area contributed by atoms with E-state index in [1.54, 1.807) is 0 Å². The van der Waals surface area contributed by atoms with Crippen molar-refractivity contribution in [2.45, 2.75) is 60.0 Å². The number of guanidine groups is 1. The first-order valence-electron chi connectivity index (χ1n) is 10.9. The molecule has 7 nitrogen and oxygen atoms in total. The Morgan fingerprint density at radius 1 is 1.03 bits per heavy atom. The van der Waals surface area contributed by atoms with Crippen LogP contribution < -0.4 is 16.0 Å². The van der Waals surface area contributed by atoms with E-state index in [1.807, 2.05) is 35.9 Å². The van der Waals surface area contributed by atoms with Crippen LogP contribution >= 0.6 is 24.0 Å². The molecule has 0 bridgehead atoms. The van der Waals surface area contributed by atoms with Gasteiger partial charge < -0.3 is 16.0 Å². The average Bonchev–Trinajstić information content (AvgIpc) is 3.06. The second-order valence-corrected chi connectivity index (χ2v) is 7.43. The normalized spacial score (nSPS) is 11.0. The summed E-state index contributed by atoms with van der Waals surface area (Å²) in [6.07, 6.45) is 3.04. The summed E-state index contributed by atoms with van der Waals surface area (Å²) in [7, 11) is 0. The van der Waals surface area contributed by atoms with Crippen LogP contribution in [0.2, 0.25) is 0 Å². The lowest BCUT2D eigenvalue weighted by atomic mass is 10.1. The summed E-state index contributed by atoms with van der Waals surface area (Å²) < 4.78 is 2.04. The Balaban J connectivity index is 0.00000480. The van der Waals surface area contributed by atoms with Crippen LogP contribution in [0.15, 0.2) is 35.3 Å². The van der Waals surface area contributed by atoms with E-state index in [2.05, 4.69) is 52.9 Å². The van der Waals surface area contributed by atoms with Gasteiger partial charge in [0.15, 0.2) is 5.96 Å². The van der Waals surface area contributed by atoms with Gasteiger partial charge in [0.05, 0.1) is 12.2 Å². The molecule has 2 rings (SSSR count). The molecule has 172 valence electrons. The highest BCUT2D eigenvalue weighted by Crippen LogP contribution is 2.06. The predicted octanol–water partition coefficient (Wildman–Crippen LogP) is 3.79. The molecule has 0 radical (unpaired) electrons. The number of hydrogen-bond acceptors (Lipinski definition) is 3. The number of rotatable bonds is 11. The lowest BCUT2D eigenvalue weighted by Gasteiger charge is -2.12. The van der Waals surface area contributed by atoms with Crippen molar-refractivity contribution in [1.29, 1.82) is 0 Å². The summed E-state index contributed by atoms with van der Waals surface area (Å²) in [4.78, 5) is 16.7. The third-order valence-corrected chi connectivity index (χ3v) is 4.74. The number of hydrogen-bond donors (Lipinski definition) is 3. The second-order valence-electron chi connectivity index (χ2n) is 7.43. The summed E-state index contributed by atoms with van der Waals surface area (Å²) in [6, 6.07) is 9.75. The minimum absolute atomic E-state index is 0. The number of aromatic nitrogens is 2. The number of nitrogens with one attached hydrogen (secondary N) is 3. The first kappa shape index (κ1) is 26.9. The maximum absolute atomic E-state index is 12.1. The largest absolute Gasteiger partial charge is 0.357 e. The van der Waals surface area contributed by atoms with E-state index in [0.717, 1.165) is 62.7 Å². The van der Waals surface area contributed by atoms with E-state index in [-0.39, 0.29) is 29.9 Å². The third-order valence-electron chi connectivity index (χ3n) is 4.74. The molecule has 0 aliphatic rings. The quantitative estimate of drug-likeness (QED) is 0.175. The Hall–Kier alpha value is -2.10. The van der Waals surface area contributed by atoms with E-state index in [4.69, 9.17) is 0 Å². The van der Waals surface area contributed by atoms with Crippen molar-refractivity contribution in [2.24, 2.45) is 4.99 Å². The molecule has 1 heterocycles. The van der Waals surface area contributed by atoms with Crippen molar-refractivity contribution >= 4 is 35.8 Å². The number of aliphatic imine (C=N–C) groups is 1. The summed E-state index contributed by atoms with van der Waals surface area (Å²) in [5, 5.41) is 14.1. The molecule has 31 heavy (non-hydrogen) atoms. The second kappa shape index (κ2) is 14.8. The lowest BCUT2D eigenvalue weighted by Crippen LogP contribution is -2.38. The van der Waals surface area contributed by atoms with Crippen molar-refractivity contribution in [1.82, 2.24) is 25.7 Å². The summed E-state index contributed by atoms with van der Waals surface area (Å²) in [5.41, 5.74) is 4.00. The number of carbonyl (C=O) groups is 1. The molecule has 0 aliphatic heterocycles. The predicted molar refractivity (Wildman–Crippen MR) is 138 cm³/mol. The van der Waals surface area contributed by atoms with E-state index in [0.29, 0.717) is 12.1 Å². The Labute approximate surface area is 203 Å². The fourth-order valence-corrected chi connectivity index (χ4v) is 3.09. The summed E-state index contributed by atoms with van der Waals surface area (Å²) in [6.45, 7) is 12.1. The van der Waals surface area contributed by atoms with E-state index >= 15 is 0 Å². The Kier molecular flexibility index (Phi) is 12.9. The van der Waals surface area contributed by atoms with Crippen molar-refractivity contribution in [2.75, 3.05) is 19.6 Å². The zero-order valence-electron chi connectivity index (χ0n) is 19.2. The fourth-order valence-electron chi connectivity index (χ4n) is 3.09. The van der Waals surface area contributed by atoms with Gasteiger partial charge in [0, 0.05) is 37.4 Å². The third kappa shape index (κ3) is 9.71. The van der Waals surface area contributed by atoms with Gasteiger partial charge in [-0.25, -0.2) is 4.99 Å². The van der Waals surface area contributed by atoms with Crippen LogP contribution in [0.4, 0.5) is 0 Å². The van der Waals surface area contributed by atoms with Crippen LogP contribution in [0.25, 0.3) is 0 Å². The van der Waals surface area contributed by atoms with E-state index in [9.17, 15) is 4.79 Å². The van der Waals surface area contributed by atoms with Crippen LogP contribution in [0.1, 0.15) is 60.4 Å². The highest BCUT2D eigenvalue weighted by molar-refractivity contribution is 14.0. The van der Waals surface area contributed by atoms with Gasteiger partial charge in [0.2, 0.25) is 0 Å². The first-order chi connectivity index (χ1) is 14.5. The Morgan fingerprint density at radius 2 is 1.74 bits per heavy atom. The molecule has 0 fully saturated rings. The highest BCUT2D eigenvalue weighted by atomic mass is 127. The average molecular weight is 540 g/mol. The fraction of sp³-hybridized carbons (Fsp3) is 0.522. The van der Waals surface area contributed by atoms with Gasteiger partial charge in [-0.2, -0.15) is 5.10 Å². The molecule has 3 N–H and O–H groups in total. The van der Waals surface area contributed by atoms with Crippen LogP contribution in [0, 0.1) is 13.8 Å². The van der Waals surface area contributed by atoms with Gasteiger partial charge in [0.1, 0.15) is 0 Å². The van der Waals surface area contributed by atoms with E-state index in [1.165, 1.54) is 5.69 Å². The Morgan fingerprint density at radius 3 is 2.35 bits per heavy atom. The van der Waals surface area contributed by atoms with Gasteiger partial charge >= 0.3 is 0 Å². The van der Waals surface area contributed by atoms with Crippen LogP contribution in [-0.2, 0) is 13.1 Å². The topological polar surface area (TPSA) is 83.3 Å². The van der Waals surface area contributed by atoms with Gasteiger partial charge in [-0.05, 0) is 57.4 Å². The zero-order valence-corrected chi connectivity index (χ0v) is 21.5. The molecular formula is C23H37IN6O.